The molecule has 0 N–H and O–H groups in total. The predicted octanol–water partition coefficient (Wildman–Crippen LogP) is 11.9. The molecule has 0 aliphatic carbocycles. The van der Waals surface area contributed by atoms with E-state index in [1.54, 1.807) is 0 Å². The van der Waals surface area contributed by atoms with Gasteiger partial charge in [0.25, 0.3) is 8.38 Å². The van der Waals surface area contributed by atoms with Crippen molar-refractivity contribution in [3.63, 3.8) is 0 Å². The van der Waals surface area contributed by atoms with Gasteiger partial charge in [-0.15, -0.1) is 0 Å². The Labute approximate surface area is 256 Å². The van der Waals surface area contributed by atoms with Gasteiger partial charge in [-0.3, -0.25) is 0 Å². The first-order valence-electron chi connectivity index (χ1n) is 14.6. The second-order valence-electron chi connectivity index (χ2n) is 11.4. The molecule has 6 aromatic rings. The Hall–Kier alpha value is -4.65. The molecule has 212 valence electrons. The summed E-state index contributed by atoms with van der Waals surface area (Å²) in [5.41, 5.74) is 8.60. The fourth-order valence-corrected chi connectivity index (χ4v) is 6.42. The molecule has 0 aromatic heterocycles. The molecule has 6 rings (SSSR count). The van der Waals surface area contributed by atoms with Crippen LogP contribution in [0.25, 0.3) is 44.5 Å². The molecule has 0 radical (unpaired) electrons. The zero-order valence-corrected chi connectivity index (χ0v) is 25.7. The first-order chi connectivity index (χ1) is 21.0. The summed E-state index contributed by atoms with van der Waals surface area (Å²) in [6.45, 7) is 6.58. The van der Waals surface area contributed by atoms with Crippen molar-refractivity contribution >= 4 is 8.38 Å². The lowest BCUT2D eigenvalue weighted by atomic mass is 9.97. The fraction of sp³-hybridized carbons (Fsp3) is 0.100. The Morgan fingerprint density at radius 2 is 0.605 bits per heavy atom. The first-order valence-corrected chi connectivity index (χ1v) is 15.8. The van der Waals surface area contributed by atoms with Gasteiger partial charge in [0.2, 0.25) is 0 Å². The van der Waals surface area contributed by atoms with E-state index in [4.69, 9.17) is 9.05 Å². The van der Waals surface area contributed by atoms with Crippen molar-refractivity contribution in [1.29, 1.82) is 0 Å². The van der Waals surface area contributed by atoms with Gasteiger partial charge in [-0.1, -0.05) is 158 Å². The monoisotopic (exact) mass is 578 g/mol. The molecule has 0 amide bonds. The van der Waals surface area contributed by atoms with E-state index >= 15 is 0 Å². The largest absolute Gasteiger partial charge is 0.437 e. The van der Waals surface area contributed by atoms with E-state index in [2.05, 4.69) is 154 Å². The van der Waals surface area contributed by atoms with Crippen LogP contribution in [0.3, 0.4) is 0 Å². The lowest BCUT2D eigenvalue weighted by Gasteiger charge is -2.32. The van der Waals surface area contributed by atoms with Crippen LogP contribution in [0.1, 0.15) is 20.8 Å². The molecular formula is C40H35O2P. The summed E-state index contributed by atoms with van der Waals surface area (Å²) in [6.07, 6.45) is 0. The summed E-state index contributed by atoms with van der Waals surface area (Å²) in [7, 11) is -1.48. The third-order valence-electron chi connectivity index (χ3n) is 7.27. The molecule has 0 bridgehead atoms. The molecule has 0 unspecified atom stereocenters. The zero-order chi connectivity index (χ0) is 29.6. The topological polar surface area (TPSA) is 18.5 Å². The minimum atomic E-state index is -1.48. The standard InChI is InChI=1S/C40H35O2P/c1-40(2,3)43(41-38-34(30-18-8-4-9-19-30)26-16-27-35(38)31-20-10-5-11-21-31)42-39-36(32-22-12-6-13-23-32)28-17-29-37(39)33-24-14-7-15-25-33/h4-29H,1-3H3. The van der Waals surface area contributed by atoms with Crippen molar-refractivity contribution in [1.82, 2.24) is 0 Å². The van der Waals surface area contributed by atoms with Gasteiger partial charge in [-0.2, -0.15) is 0 Å². The highest BCUT2D eigenvalue weighted by molar-refractivity contribution is 7.49. The minimum absolute atomic E-state index is 0.301. The van der Waals surface area contributed by atoms with Gasteiger partial charge in [0.1, 0.15) is 11.5 Å². The van der Waals surface area contributed by atoms with Gasteiger partial charge in [-0.25, -0.2) is 0 Å². The van der Waals surface area contributed by atoms with Crippen LogP contribution in [0.2, 0.25) is 0 Å². The van der Waals surface area contributed by atoms with Crippen LogP contribution in [0.4, 0.5) is 0 Å². The van der Waals surface area contributed by atoms with Crippen LogP contribution in [0.15, 0.2) is 158 Å². The number of para-hydroxylation sites is 2. The van der Waals surface area contributed by atoms with E-state index in [-0.39, 0.29) is 5.16 Å². The fourth-order valence-electron chi connectivity index (χ4n) is 5.11. The number of benzene rings is 6. The number of hydrogen-bond donors (Lipinski definition) is 0. The highest BCUT2D eigenvalue weighted by Crippen LogP contribution is 2.57. The molecule has 2 nitrogen and oxygen atoms in total. The van der Waals surface area contributed by atoms with Crippen LogP contribution in [-0.4, -0.2) is 5.16 Å². The maximum atomic E-state index is 7.18. The maximum Gasteiger partial charge on any atom is 0.296 e. The van der Waals surface area contributed by atoms with Crippen molar-refractivity contribution < 1.29 is 9.05 Å². The van der Waals surface area contributed by atoms with Gasteiger partial charge >= 0.3 is 0 Å². The van der Waals surface area contributed by atoms with Crippen molar-refractivity contribution in [3.05, 3.63) is 158 Å². The highest BCUT2D eigenvalue weighted by Gasteiger charge is 2.34. The van der Waals surface area contributed by atoms with Crippen LogP contribution in [0.5, 0.6) is 11.5 Å². The van der Waals surface area contributed by atoms with E-state index in [0.29, 0.717) is 0 Å². The molecule has 0 saturated carbocycles. The number of hydrogen-bond acceptors (Lipinski definition) is 2. The molecule has 0 aliphatic rings. The van der Waals surface area contributed by atoms with Gasteiger partial charge in [0.05, 0.1) is 5.16 Å². The summed E-state index contributed by atoms with van der Waals surface area (Å²) in [4.78, 5) is 0. The lowest BCUT2D eigenvalue weighted by Crippen LogP contribution is -2.19. The Morgan fingerprint density at radius 1 is 0.349 bits per heavy atom. The Kier molecular flexibility index (Phi) is 8.40. The van der Waals surface area contributed by atoms with E-state index in [0.717, 1.165) is 56.0 Å². The summed E-state index contributed by atoms with van der Waals surface area (Å²) in [5, 5.41) is -0.301. The van der Waals surface area contributed by atoms with E-state index in [1.807, 2.05) is 24.3 Å². The van der Waals surface area contributed by atoms with Crippen LogP contribution in [-0.2, 0) is 0 Å². The Balaban J connectivity index is 1.52. The van der Waals surface area contributed by atoms with Gasteiger partial charge in [0, 0.05) is 22.3 Å². The average molecular weight is 579 g/mol. The minimum Gasteiger partial charge on any atom is -0.437 e. The second kappa shape index (κ2) is 12.7. The summed E-state index contributed by atoms with van der Waals surface area (Å²) < 4.78 is 14.4. The van der Waals surface area contributed by atoms with E-state index in [1.165, 1.54) is 0 Å². The van der Waals surface area contributed by atoms with Crippen LogP contribution < -0.4 is 9.05 Å². The molecule has 0 spiro atoms. The summed E-state index contributed by atoms with van der Waals surface area (Å²) in [5.74, 6) is 1.67. The van der Waals surface area contributed by atoms with Crippen molar-refractivity contribution in [2.24, 2.45) is 0 Å². The third kappa shape index (κ3) is 6.41. The lowest BCUT2D eigenvalue weighted by molar-refractivity contribution is 0.458. The van der Waals surface area contributed by atoms with Crippen molar-refractivity contribution in [2.75, 3.05) is 0 Å². The predicted molar refractivity (Wildman–Crippen MR) is 183 cm³/mol. The Morgan fingerprint density at radius 3 is 0.837 bits per heavy atom. The van der Waals surface area contributed by atoms with E-state index < -0.39 is 8.38 Å². The molecule has 3 heteroatoms. The first kappa shape index (κ1) is 28.5. The average Bonchev–Trinajstić information content (AvgIpc) is 3.05. The Bertz CT molecular complexity index is 1530. The maximum absolute atomic E-state index is 7.18. The van der Waals surface area contributed by atoms with E-state index in [9.17, 15) is 0 Å². The smallest absolute Gasteiger partial charge is 0.296 e. The zero-order valence-electron chi connectivity index (χ0n) is 24.8. The molecule has 43 heavy (non-hydrogen) atoms. The van der Waals surface area contributed by atoms with Gasteiger partial charge in [0.15, 0.2) is 0 Å². The second-order valence-corrected chi connectivity index (χ2v) is 13.7. The van der Waals surface area contributed by atoms with Gasteiger partial charge in [-0.05, 0) is 43.0 Å². The van der Waals surface area contributed by atoms with Crippen molar-refractivity contribution in [3.8, 4) is 56.0 Å². The molecule has 0 heterocycles. The quantitative estimate of drug-likeness (QED) is 0.167. The van der Waals surface area contributed by atoms with Crippen LogP contribution in [0, 0.1) is 0 Å². The van der Waals surface area contributed by atoms with Crippen LogP contribution >= 0.6 is 8.38 Å². The molecule has 6 aromatic carbocycles. The SMILES string of the molecule is CC(C)(C)P(Oc1c(-c2ccccc2)cccc1-c1ccccc1)Oc1c(-c2ccccc2)cccc1-c1ccccc1. The van der Waals surface area contributed by atoms with Crippen molar-refractivity contribution in [2.45, 2.75) is 25.9 Å². The van der Waals surface area contributed by atoms with Gasteiger partial charge < -0.3 is 9.05 Å². The summed E-state index contributed by atoms with van der Waals surface area (Å²) in [6, 6.07) is 54.6. The number of rotatable bonds is 8. The summed E-state index contributed by atoms with van der Waals surface area (Å²) >= 11 is 0. The molecule has 0 fully saturated rings. The third-order valence-corrected chi connectivity index (χ3v) is 9.06. The molecular weight excluding hydrogens is 543 g/mol. The molecule has 0 atom stereocenters. The highest BCUT2D eigenvalue weighted by atomic mass is 31.2. The normalized spacial score (nSPS) is 11.3. The molecule has 0 aliphatic heterocycles. The molecule has 0 saturated heterocycles.